The maximum atomic E-state index is 6.07. The van der Waals surface area contributed by atoms with Crippen LogP contribution < -0.4 is 5.73 Å². The summed E-state index contributed by atoms with van der Waals surface area (Å²) < 4.78 is 2.25. The van der Waals surface area contributed by atoms with E-state index < -0.39 is 0 Å². The Morgan fingerprint density at radius 2 is 2.11 bits per heavy atom. The molecule has 0 radical (unpaired) electrons. The van der Waals surface area contributed by atoms with E-state index in [1.54, 1.807) is 11.8 Å². The molecular formula is C14H18N4S. The largest absolute Gasteiger partial charge is 0.398 e. The van der Waals surface area contributed by atoms with Gasteiger partial charge in [0.25, 0.3) is 0 Å². The molecule has 0 amide bonds. The molecule has 2 heterocycles. The molecule has 100 valence electrons. The van der Waals surface area contributed by atoms with Crippen molar-refractivity contribution >= 4 is 17.4 Å². The van der Waals surface area contributed by atoms with E-state index in [9.17, 15) is 0 Å². The summed E-state index contributed by atoms with van der Waals surface area (Å²) in [7, 11) is 0. The highest BCUT2D eigenvalue weighted by atomic mass is 32.2. The SMILES string of the molecule is Cc1cccc(N)c1Sc1nnc2n1CCCCC2. The minimum absolute atomic E-state index is 0.816. The van der Waals surface area contributed by atoms with Gasteiger partial charge in [0.1, 0.15) is 5.82 Å². The topological polar surface area (TPSA) is 56.7 Å². The average Bonchev–Trinajstić information content (AvgIpc) is 2.62. The van der Waals surface area contributed by atoms with Crippen molar-refractivity contribution in [3.8, 4) is 0 Å². The quantitative estimate of drug-likeness (QED) is 0.855. The minimum atomic E-state index is 0.816. The van der Waals surface area contributed by atoms with Crippen molar-refractivity contribution in [2.24, 2.45) is 0 Å². The predicted octanol–water partition coefficient (Wildman–Crippen LogP) is 3.05. The maximum Gasteiger partial charge on any atom is 0.196 e. The van der Waals surface area contributed by atoms with Gasteiger partial charge in [-0.15, -0.1) is 10.2 Å². The van der Waals surface area contributed by atoms with E-state index in [0.717, 1.165) is 34.5 Å². The van der Waals surface area contributed by atoms with Gasteiger partial charge in [0, 0.05) is 23.5 Å². The van der Waals surface area contributed by atoms with Crippen molar-refractivity contribution in [2.45, 2.75) is 49.2 Å². The molecule has 4 nitrogen and oxygen atoms in total. The Kier molecular flexibility index (Phi) is 3.46. The molecule has 0 bridgehead atoms. The van der Waals surface area contributed by atoms with Crippen molar-refractivity contribution in [2.75, 3.05) is 5.73 Å². The number of fused-ring (bicyclic) bond motifs is 1. The van der Waals surface area contributed by atoms with Gasteiger partial charge in [-0.2, -0.15) is 0 Å². The molecule has 19 heavy (non-hydrogen) atoms. The van der Waals surface area contributed by atoms with Crippen LogP contribution in [0.3, 0.4) is 0 Å². The third-order valence-electron chi connectivity index (χ3n) is 3.51. The second-order valence-electron chi connectivity index (χ2n) is 4.96. The molecule has 0 atom stereocenters. The third kappa shape index (κ3) is 2.47. The second kappa shape index (κ2) is 5.25. The fraction of sp³-hybridized carbons (Fsp3) is 0.429. The van der Waals surface area contributed by atoms with Gasteiger partial charge in [0.05, 0.1) is 0 Å². The van der Waals surface area contributed by atoms with Crippen molar-refractivity contribution in [1.29, 1.82) is 0 Å². The van der Waals surface area contributed by atoms with Crippen LogP contribution in [0.5, 0.6) is 0 Å². The molecule has 1 aromatic carbocycles. The molecule has 0 saturated carbocycles. The van der Waals surface area contributed by atoms with Crippen molar-refractivity contribution < 1.29 is 0 Å². The normalized spacial score (nSPS) is 15.0. The fourth-order valence-electron chi connectivity index (χ4n) is 2.44. The summed E-state index contributed by atoms with van der Waals surface area (Å²) in [6.07, 6.45) is 4.74. The molecule has 0 aliphatic carbocycles. The van der Waals surface area contributed by atoms with Crippen LogP contribution in [-0.2, 0) is 13.0 Å². The Hall–Kier alpha value is -1.49. The van der Waals surface area contributed by atoms with E-state index in [-0.39, 0.29) is 0 Å². The summed E-state index contributed by atoms with van der Waals surface area (Å²) in [4.78, 5) is 1.10. The van der Waals surface area contributed by atoms with Gasteiger partial charge < -0.3 is 10.3 Å². The first-order valence-electron chi connectivity index (χ1n) is 6.71. The summed E-state index contributed by atoms with van der Waals surface area (Å²) in [5.41, 5.74) is 8.07. The van der Waals surface area contributed by atoms with Gasteiger partial charge in [-0.1, -0.05) is 18.6 Å². The summed E-state index contributed by atoms with van der Waals surface area (Å²) in [6, 6.07) is 6.01. The lowest BCUT2D eigenvalue weighted by Crippen LogP contribution is -2.02. The maximum absolute atomic E-state index is 6.07. The zero-order valence-corrected chi connectivity index (χ0v) is 11.9. The number of hydrogen-bond acceptors (Lipinski definition) is 4. The smallest absolute Gasteiger partial charge is 0.196 e. The van der Waals surface area contributed by atoms with E-state index in [4.69, 9.17) is 5.73 Å². The number of benzene rings is 1. The molecule has 1 aliphatic heterocycles. The molecule has 1 aromatic heterocycles. The lowest BCUT2D eigenvalue weighted by molar-refractivity contribution is 0.591. The van der Waals surface area contributed by atoms with Gasteiger partial charge in [0.2, 0.25) is 0 Å². The van der Waals surface area contributed by atoms with E-state index >= 15 is 0 Å². The number of nitrogens with two attached hydrogens (primary N) is 1. The highest BCUT2D eigenvalue weighted by Gasteiger charge is 2.17. The predicted molar refractivity (Wildman–Crippen MR) is 77.3 cm³/mol. The van der Waals surface area contributed by atoms with Gasteiger partial charge in [-0.25, -0.2) is 0 Å². The monoisotopic (exact) mass is 274 g/mol. The number of aromatic nitrogens is 3. The molecule has 0 unspecified atom stereocenters. The Balaban J connectivity index is 1.94. The summed E-state index contributed by atoms with van der Waals surface area (Å²) in [6.45, 7) is 3.11. The lowest BCUT2D eigenvalue weighted by Gasteiger charge is -2.10. The summed E-state index contributed by atoms with van der Waals surface area (Å²) in [5.74, 6) is 1.12. The van der Waals surface area contributed by atoms with E-state index in [0.29, 0.717) is 0 Å². The lowest BCUT2D eigenvalue weighted by atomic mass is 10.2. The molecule has 3 rings (SSSR count). The van der Waals surface area contributed by atoms with Crippen LogP contribution >= 0.6 is 11.8 Å². The number of hydrogen-bond donors (Lipinski definition) is 1. The molecule has 1 aliphatic rings. The molecule has 0 fully saturated rings. The van der Waals surface area contributed by atoms with Crippen LogP contribution in [0.4, 0.5) is 5.69 Å². The van der Waals surface area contributed by atoms with Gasteiger partial charge in [0.15, 0.2) is 5.16 Å². The van der Waals surface area contributed by atoms with Gasteiger partial charge in [-0.05, 0) is 43.2 Å². The van der Waals surface area contributed by atoms with E-state index in [1.807, 2.05) is 12.1 Å². The Morgan fingerprint density at radius 3 is 2.95 bits per heavy atom. The van der Waals surface area contributed by atoms with Crippen LogP contribution in [0.2, 0.25) is 0 Å². The van der Waals surface area contributed by atoms with E-state index in [1.165, 1.54) is 24.8 Å². The van der Waals surface area contributed by atoms with E-state index in [2.05, 4.69) is 27.8 Å². The molecule has 2 aromatic rings. The summed E-state index contributed by atoms with van der Waals surface area (Å²) in [5, 5.41) is 9.63. The summed E-state index contributed by atoms with van der Waals surface area (Å²) >= 11 is 1.64. The van der Waals surface area contributed by atoms with Crippen molar-refractivity contribution in [1.82, 2.24) is 14.8 Å². The van der Waals surface area contributed by atoms with Crippen LogP contribution in [0.25, 0.3) is 0 Å². The first-order valence-corrected chi connectivity index (χ1v) is 7.52. The number of anilines is 1. The van der Waals surface area contributed by atoms with Crippen LogP contribution in [-0.4, -0.2) is 14.8 Å². The Morgan fingerprint density at radius 1 is 1.21 bits per heavy atom. The third-order valence-corrected chi connectivity index (χ3v) is 4.76. The van der Waals surface area contributed by atoms with Crippen LogP contribution in [0, 0.1) is 6.92 Å². The number of aryl methyl sites for hydroxylation is 2. The first kappa shape index (κ1) is 12.5. The molecule has 5 heteroatoms. The number of rotatable bonds is 2. The van der Waals surface area contributed by atoms with Crippen LogP contribution in [0.1, 0.15) is 30.7 Å². The van der Waals surface area contributed by atoms with Gasteiger partial charge >= 0.3 is 0 Å². The zero-order chi connectivity index (χ0) is 13.2. The zero-order valence-electron chi connectivity index (χ0n) is 11.1. The second-order valence-corrected chi connectivity index (χ2v) is 5.93. The van der Waals surface area contributed by atoms with Crippen LogP contribution in [0.15, 0.2) is 28.3 Å². The molecule has 0 spiro atoms. The first-order chi connectivity index (χ1) is 9.25. The standard InChI is InChI=1S/C14H18N4S/c1-10-6-5-7-11(15)13(10)19-14-17-16-12-8-3-2-4-9-18(12)14/h5-7H,2-4,8-9,15H2,1H3. The number of nitrogen functional groups attached to an aromatic ring is 1. The molecule has 0 saturated heterocycles. The Labute approximate surface area is 117 Å². The average molecular weight is 274 g/mol. The van der Waals surface area contributed by atoms with Crippen molar-refractivity contribution in [3.63, 3.8) is 0 Å². The molecular weight excluding hydrogens is 256 g/mol. The molecule has 2 N–H and O–H groups in total. The Bertz CT molecular complexity index is 571. The highest BCUT2D eigenvalue weighted by Crippen LogP contribution is 2.34. The van der Waals surface area contributed by atoms with Crippen molar-refractivity contribution in [3.05, 3.63) is 29.6 Å². The fourth-order valence-corrected chi connectivity index (χ4v) is 3.43. The minimum Gasteiger partial charge on any atom is -0.398 e. The number of nitrogens with zero attached hydrogens (tertiary/aromatic N) is 3. The highest BCUT2D eigenvalue weighted by molar-refractivity contribution is 7.99. The van der Waals surface area contributed by atoms with Gasteiger partial charge in [-0.3, -0.25) is 0 Å².